The number of aromatic hydroxyl groups is 1. The minimum atomic E-state index is 0.182. The number of hydrogen-bond donors (Lipinski definition) is 1. The lowest BCUT2D eigenvalue weighted by molar-refractivity contribution is 0.317. The minimum Gasteiger partial charge on any atom is -0.504 e. The van der Waals surface area contributed by atoms with Gasteiger partial charge in [-0.3, -0.25) is 4.99 Å². The van der Waals surface area contributed by atoms with Crippen molar-refractivity contribution in [1.82, 2.24) is 0 Å². The van der Waals surface area contributed by atoms with Gasteiger partial charge >= 0.3 is 0 Å². The van der Waals surface area contributed by atoms with Crippen molar-refractivity contribution in [3.05, 3.63) is 50.6 Å². The van der Waals surface area contributed by atoms with Gasteiger partial charge in [0.25, 0.3) is 0 Å². The van der Waals surface area contributed by atoms with E-state index in [0.717, 1.165) is 20.4 Å². The van der Waals surface area contributed by atoms with E-state index < -0.39 is 0 Å². The van der Waals surface area contributed by atoms with Crippen molar-refractivity contribution in [2.75, 3.05) is 6.61 Å². The number of benzene rings is 2. The highest BCUT2D eigenvalue weighted by Crippen LogP contribution is 2.32. The predicted molar refractivity (Wildman–Crippen MR) is 95.2 cm³/mol. The van der Waals surface area contributed by atoms with Crippen LogP contribution in [0.5, 0.6) is 11.5 Å². The zero-order valence-corrected chi connectivity index (χ0v) is 14.5. The van der Waals surface area contributed by atoms with E-state index in [2.05, 4.69) is 52.7 Å². The Morgan fingerprint density at radius 2 is 2.00 bits per heavy atom. The summed E-state index contributed by atoms with van der Waals surface area (Å²) in [6.45, 7) is 6.50. The first-order valence-corrected chi connectivity index (χ1v) is 7.85. The number of nitrogens with zero attached hydrogens (tertiary/aromatic N) is 1. The summed E-state index contributed by atoms with van der Waals surface area (Å²) >= 11 is 2.09. The number of aryl methyl sites for hydroxylation is 2. The number of halogens is 1. The van der Waals surface area contributed by atoms with Crippen LogP contribution in [-0.2, 0) is 0 Å². The Morgan fingerprint density at radius 1 is 1.24 bits per heavy atom. The standard InChI is InChI=1S/C17H18INO2/c1-4-21-16-9-13(8-14(18)17(16)20)10-19-15-7-11(2)5-6-12(15)3/h5-10,20H,4H2,1-3H3. The summed E-state index contributed by atoms with van der Waals surface area (Å²) in [7, 11) is 0. The van der Waals surface area contributed by atoms with Crippen molar-refractivity contribution in [1.29, 1.82) is 0 Å². The molecule has 2 aromatic carbocycles. The van der Waals surface area contributed by atoms with Gasteiger partial charge in [0.1, 0.15) is 0 Å². The fourth-order valence-electron chi connectivity index (χ4n) is 1.94. The van der Waals surface area contributed by atoms with Crippen molar-refractivity contribution in [3.8, 4) is 11.5 Å². The fraction of sp³-hybridized carbons (Fsp3) is 0.235. The van der Waals surface area contributed by atoms with Crippen LogP contribution < -0.4 is 4.74 Å². The Balaban J connectivity index is 2.34. The first kappa shape index (κ1) is 15.8. The molecule has 0 atom stereocenters. The quantitative estimate of drug-likeness (QED) is 0.599. The minimum absolute atomic E-state index is 0.182. The SMILES string of the molecule is CCOc1cc(C=Nc2cc(C)ccc2C)cc(I)c1O. The maximum atomic E-state index is 9.94. The second-order valence-corrected chi connectivity index (χ2v) is 5.99. The van der Waals surface area contributed by atoms with Crippen molar-refractivity contribution in [2.45, 2.75) is 20.8 Å². The molecule has 0 bridgehead atoms. The average Bonchev–Trinajstić information content (AvgIpc) is 2.45. The van der Waals surface area contributed by atoms with E-state index in [-0.39, 0.29) is 5.75 Å². The molecule has 0 radical (unpaired) electrons. The van der Waals surface area contributed by atoms with Gasteiger partial charge in [0.05, 0.1) is 15.9 Å². The monoisotopic (exact) mass is 395 g/mol. The molecule has 21 heavy (non-hydrogen) atoms. The maximum Gasteiger partial charge on any atom is 0.171 e. The van der Waals surface area contributed by atoms with Gasteiger partial charge in [-0.15, -0.1) is 0 Å². The highest BCUT2D eigenvalue weighted by atomic mass is 127. The normalized spacial score (nSPS) is 11.0. The Labute approximate surface area is 138 Å². The molecule has 2 aromatic rings. The molecule has 0 spiro atoms. The zero-order valence-electron chi connectivity index (χ0n) is 12.4. The van der Waals surface area contributed by atoms with Gasteiger partial charge < -0.3 is 9.84 Å². The molecule has 0 aliphatic carbocycles. The average molecular weight is 395 g/mol. The van der Waals surface area contributed by atoms with Crippen LogP contribution in [0.3, 0.4) is 0 Å². The summed E-state index contributed by atoms with van der Waals surface area (Å²) in [6.07, 6.45) is 1.80. The van der Waals surface area contributed by atoms with Crippen LogP contribution in [-0.4, -0.2) is 17.9 Å². The number of hydrogen-bond acceptors (Lipinski definition) is 3. The Hall–Kier alpha value is -1.56. The van der Waals surface area contributed by atoms with Gasteiger partial charge in [-0.25, -0.2) is 0 Å². The maximum absolute atomic E-state index is 9.94. The van der Waals surface area contributed by atoms with Crippen molar-refractivity contribution in [2.24, 2.45) is 4.99 Å². The van der Waals surface area contributed by atoms with Crippen molar-refractivity contribution in [3.63, 3.8) is 0 Å². The van der Waals surface area contributed by atoms with Crippen LogP contribution in [0, 0.1) is 17.4 Å². The smallest absolute Gasteiger partial charge is 0.171 e. The summed E-state index contributed by atoms with van der Waals surface area (Å²) in [5.41, 5.74) is 4.18. The van der Waals surface area contributed by atoms with Crippen LogP contribution in [0.25, 0.3) is 0 Å². The zero-order chi connectivity index (χ0) is 15.4. The molecule has 2 rings (SSSR count). The second kappa shape index (κ2) is 6.93. The topological polar surface area (TPSA) is 41.8 Å². The molecule has 0 aliphatic heterocycles. The second-order valence-electron chi connectivity index (χ2n) is 4.83. The lowest BCUT2D eigenvalue weighted by atomic mass is 10.1. The van der Waals surface area contributed by atoms with E-state index in [9.17, 15) is 5.11 Å². The summed E-state index contributed by atoms with van der Waals surface area (Å²) in [5.74, 6) is 0.674. The van der Waals surface area contributed by atoms with Crippen LogP contribution >= 0.6 is 22.6 Å². The summed E-state index contributed by atoms with van der Waals surface area (Å²) in [5, 5.41) is 9.94. The molecule has 0 heterocycles. The predicted octanol–water partition coefficient (Wildman–Crippen LogP) is 4.76. The molecule has 0 saturated heterocycles. The molecule has 3 nitrogen and oxygen atoms in total. The largest absolute Gasteiger partial charge is 0.504 e. The van der Waals surface area contributed by atoms with E-state index in [1.807, 2.05) is 19.9 Å². The molecule has 0 saturated carbocycles. The van der Waals surface area contributed by atoms with Crippen molar-refractivity contribution < 1.29 is 9.84 Å². The van der Waals surface area contributed by atoms with Gasteiger partial charge in [-0.05, 0) is 78.3 Å². The van der Waals surface area contributed by atoms with Gasteiger partial charge in [-0.2, -0.15) is 0 Å². The first-order chi connectivity index (χ1) is 10.0. The Bertz CT molecular complexity index is 681. The van der Waals surface area contributed by atoms with Crippen LogP contribution in [0.4, 0.5) is 5.69 Å². The van der Waals surface area contributed by atoms with Crippen LogP contribution in [0.1, 0.15) is 23.6 Å². The lowest BCUT2D eigenvalue weighted by Crippen LogP contribution is -1.95. The molecule has 0 aromatic heterocycles. The van der Waals surface area contributed by atoms with Crippen molar-refractivity contribution >= 4 is 34.5 Å². The number of ether oxygens (including phenoxy) is 1. The van der Waals surface area contributed by atoms with E-state index in [1.54, 1.807) is 12.3 Å². The molecule has 0 fully saturated rings. The number of phenolic OH excluding ortho intramolecular Hbond substituents is 1. The van der Waals surface area contributed by atoms with E-state index >= 15 is 0 Å². The highest BCUT2D eigenvalue weighted by molar-refractivity contribution is 14.1. The van der Waals surface area contributed by atoms with Gasteiger partial charge in [0, 0.05) is 6.21 Å². The number of rotatable bonds is 4. The highest BCUT2D eigenvalue weighted by Gasteiger charge is 2.08. The third-order valence-corrected chi connectivity index (χ3v) is 3.89. The first-order valence-electron chi connectivity index (χ1n) is 6.78. The molecular formula is C17H18INO2. The van der Waals surface area contributed by atoms with Gasteiger partial charge in [0.15, 0.2) is 11.5 Å². The Morgan fingerprint density at radius 3 is 2.71 bits per heavy atom. The summed E-state index contributed by atoms with van der Waals surface area (Å²) in [4.78, 5) is 4.54. The van der Waals surface area contributed by atoms with E-state index in [1.165, 1.54) is 5.56 Å². The van der Waals surface area contributed by atoms with Crippen LogP contribution in [0.15, 0.2) is 35.3 Å². The van der Waals surface area contributed by atoms with Crippen LogP contribution in [0.2, 0.25) is 0 Å². The van der Waals surface area contributed by atoms with Gasteiger partial charge in [-0.1, -0.05) is 12.1 Å². The number of aliphatic imine (C=N–C) groups is 1. The molecule has 0 amide bonds. The third kappa shape index (κ3) is 3.97. The third-order valence-electron chi connectivity index (χ3n) is 3.07. The summed E-state index contributed by atoms with van der Waals surface area (Å²) in [6, 6.07) is 9.88. The summed E-state index contributed by atoms with van der Waals surface area (Å²) < 4.78 is 6.19. The fourth-order valence-corrected chi connectivity index (χ4v) is 2.56. The molecule has 1 N–H and O–H groups in total. The molecular weight excluding hydrogens is 377 g/mol. The lowest BCUT2D eigenvalue weighted by Gasteiger charge is -2.08. The Kier molecular flexibility index (Phi) is 5.22. The molecule has 110 valence electrons. The van der Waals surface area contributed by atoms with Gasteiger partial charge in [0.2, 0.25) is 0 Å². The number of phenols is 1. The molecule has 0 unspecified atom stereocenters. The van der Waals surface area contributed by atoms with E-state index in [0.29, 0.717) is 12.4 Å². The molecule has 4 heteroatoms. The van der Waals surface area contributed by atoms with E-state index in [4.69, 9.17) is 4.74 Å². The molecule has 0 aliphatic rings.